The number of nitrogens with one attached hydrogen (secondary N) is 2. The molecule has 0 saturated heterocycles. The average molecular weight is 289 g/mol. The fraction of sp³-hybridized carbons (Fsp3) is 0.636. The van der Waals surface area contributed by atoms with Gasteiger partial charge in [-0.3, -0.25) is 5.10 Å². The third-order valence-corrected chi connectivity index (χ3v) is 4.62. The van der Waals surface area contributed by atoms with Crippen LogP contribution >= 0.6 is 0 Å². The Kier molecular flexibility index (Phi) is 4.36. The van der Waals surface area contributed by atoms with Crippen LogP contribution in [0.3, 0.4) is 0 Å². The van der Waals surface area contributed by atoms with E-state index in [0.29, 0.717) is 0 Å². The monoisotopic (exact) mass is 289 g/mol. The van der Waals surface area contributed by atoms with Crippen molar-refractivity contribution in [1.82, 2.24) is 14.9 Å². The zero-order chi connectivity index (χ0) is 14.8. The second kappa shape index (κ2) is 5.30. The molecule has 108 valence electrons. The molecule has 0 aromatic carbocycles. The van der Waals surface area contributed by atoms with Gasteiger partial charge in [-0.05, 0) is 18.8 Å². The lowest BCUT2D eigenvalue weighted by molar-refractivity contribution is 0.0686. The summed E-state index contributed by atoms with van der Waals surface area (Å²) >= 11 is 0. The minimum absolute atomic E-state index is 0.200. The molecule has 0 radical (unpaired) electrons. The molecule has 0 bridgehead atoms. The highest BCUT2D eigenvalue weighted by atomic mass is 32.2. The number of hydrogen-bond donors (Lipinski definition) is 3. The number of rotatable bonds is 6. The normalized spacial score (nSPS) is 12.6. The summed E-state index contributed by atoms with van der Waals surface area (Å²) in [5.74, 6) is -1.38. The van der Waals surface area contributed by atoms with Crippen molar-refractivity contribution in [2.75, 3.05) is 6.54 Å². The maximum Gasteiger partial charge on any atom is 0.357 e. The summed E-state index contributed by atoms with van der Waals surface area (Å²) in [6.45, 7) is 7.51. The van der Waals surface area contributed by atoms with E-state index >= 15 is 0 Å². The first kappa shape index (κ1) is 15.6. The zero-order valence-corrected chi connectivity index (χ0v) is 12.3. The molecule has 0 amide bonds. The Hall–Kier alpha value is -1.41. The predicted molar refractivity (Wildman–Crippen MR) is 69.5 cm³/mol. The third-order valence-electron chi connectivity index (χ3n) is 3.06. The van der Waals surface area contributed by atoms with Crippen molar-refractivity contribution >= 4 is 16.0 Å². The van der Waals surface area contributed by atoms with Gasteiger partial charge in [0.2, 0.25) is 10.0 Å². The highest BCUT2D eigenvalue weighted by Crippen LogP contribution is 2.21. The third kappa shape index (κ3) is 3.54. The minimum atomic E-state index is -3.89. The number of H-pyrrole nitrogens is 1. The summed E-state index contributed by atoms with van der Waals surface area (Å²) in [6, 6.07) is 0. The van der Waals surface area contributed by atoms with E-state index in [4.69, 9.17) is 5.11 Å². The van der Waals surface area contributed by atoms with E-state index in [-0.39, 0.29) is 22.5 Å². The van der Waals surface area contributed by atoms with Gasteiger partial charge in [0.05, 0.1) is 5.69 Å². The van der Waals surface area contributed by atoms with E-state index in [1.165, 1.54) is 6.92 Å². The Morgan fingerprint density at radius 2 is 2.05 bits per heavy atom. The van der Waals surface area contributed by atoms with Gasteiger partial charge >= 0.3 is 5.97 Å². The molecule has 1 heterocycles. The molecule has 0 fully saturated rings. The van der Waals surface area contributed by atoms with Gasteiger partial charge in [0, 0.05) is 6.54 Å². The predicted octanol–water partition coefficient (Wildman–Crippen LogP) is 1.13. The van der Waals surface area contributed by atoms with Crippen LogP contribution in [0.2, 0.25) is 0 Å². The number of nitrogens with zero attached hydrogens (tertiary/aromatic N) is 1. The van der Waals surface area contributed by atoms with E-state index < -0.39 is 21.7 Å². The molecule has 0 saturated carbocycles. The van der Waals surface area contributed by atoms with Crippen LogP contribution in [0.4, 0.5) is 0 Å². The van der Waals surface area contributed by atoms with E-state index in [2.05, 4.69) is 14.9 Å². The van der Waals surface area contributed by atoms with Crippen molar-refractivity contribution < 1.29 is 18.3 Å². The molecule has 8 heteroatoms. The summed E-state index contributed by atoms with van der Waals surface area (Å²) in [7, 11) is -3.89. The van der Waals surface area contributed by atoms with E-state index in [0.717, 1.165) is 6.42 Å². The quantitative estimate of drug-likeness (QED) is 0.726. The Bertz CT molecular complexity index is 575. The maximum absolute atomic E-state index is 12.2. The molecule has 3 N–H and O–H groups in total. The van der Waals surface area contributed by atoms with E-state index in [9.17, 15) is 13.2 Å². The number of aromatic carboxylic acids is 1. The van der Waals surface area contributed by atoms with Crippen LogP contribution in [0.5, 0.6) is 0 Å². The van der Waals surface area contributed by atoms with Crippen LogP contribution in [-0.4, -0.2) is 36.2 Å². The van der Waals surface area contributed by atoms with Gasteiger partial charge in [0.25, 0.3) is 0 Å². The Balaban J connectivity index is 3.08. The van der Waals surface area contributed by atoms with Crippen molar-refractivity contribution in [3.05, 3.63) is 11.4 Å². The molecule has 19 heavy (non-hydrogen) atoms. The summed E-state index contributed by atoms with van der Waals surface area (Å²) in [5, 5.41) is 14.8. The molecule has 0 atom stereocenters. The van der Waals surface area contributed by atoms with Gasteiger partial charge in [-0.15, -0.1) is 0 Å². The van der Waals surface area contributed by atoms with Gasteiger partial charge in [0.1, 0.15) is 4.90 Å². The first-order chi connectivity index (χ1) is 8.60. The molecule has 1 aromatic heterocycles. The average Bonchev–Trinajstić information content (AvgIpc) is 2.70. The van der Waals surface area contributed by atoms with Gasteiger partial charge < -0.3 is 5.11 Å². The Morgan fingerprint density at radius 1 is 1.47 bits per heavy atom. The van der Waals surface area contributed by atoms with Crippen LogP contribution in [0.1, 0.15) is 43.4 Å². The molecule has 0 aliphatic rings. The molecular formula is C11H19N3O4S. The first-order valence-corrected chi connectivity index (χ1v) is 7.37. The smallest absolute Gasteiger partial charge is 0.357 e. The largest absolute Gasteiger partial charge is 0.476 e. The van der Waals surface area contributed by atoms with Crippen molar-refractivity contribution in [3.8, 4) is 0 Å². The molecule has 1 rings (SSSR count). The maximum atomic E-state index is 12.2. The SMILES string of the molecule is CCC(C)(C)CNS(=O)(=O)c1c(C(=O)O)n[nH]c1C. The van der Waals surface area contributed by atoms with Crippen molar-refractivity contribution in [2.45, 2.75) is 39.0 Å². The van der Waals surface area contributed by atoms with Crippen molar-refractivity contribution in [1.29, 1.82) is 0 Å². The number of aromatic amines is 1. The second-order valence-corrected chi connectivity index (χ2v) is 6.88. The van der Waals surface area contributed by atoms with Gasteiger partial charge in [-0.1, -0.05) is 20.8 Å². The van der Waals surface area contributed by atoms with Gasteiger partial charge in [0.15, 0.2) is 5.69 Å². The fourth-order valence-corrected chi connectivity index (χ4v) is 2.94. The second-order valence-electron chi connectivity index (χ2n) is 5.17. The molecule has 0 spiro atoms. The lowest BCUT2D eigenvalue weighted by Gasteiger charge is -2.22. The fourth-order valence-electron chi connectivity index (χ4n) is 1.38. The standard InChI is InChI=1S/C11H19N3O4S/c1-5-11(3,4)6-12-19(17,18)9-7(2)13-14-8(9)10(15)16/h12H,5-6H2,1-4H3,(H,13,14)(H,15,16). The van der Waals surface area contributed by atoms with Crippen molar-refractivity contribution in [3.63, 3.8) is 0 Å². The molecule has 7 nitrogen and oxygen atoms in total. The van der Waals surface area contributed by atoms with Crippen LogP contribution in [0.15, 0.2) is 4.90 Å². The zero-order valence-electron chi connectivity index (χ0n) is 11.4. The Morgan fingerprint density at radius 3 is 2.53 bits per heavy atom. The van der Waals surface area contributed by atoms with Crippen LogP contribution in [-0.2, 0) is 10.0 Å². The summed E-state index contributed by atoms with van der Waals surface area (Å²) in [6.07, 6.45) is 0.797. The molecule has 0 aliphatic carbocycles. The number of carboxylic acid groups (broad SMARTS) is 1. The minimum Gasteiger partial charge on any atom is -0.476 e. The molecule has 0 aliphatic heterocycles. The Labute approximate surface area is 112 Å². The number of hydrogen-bond acceptors (Lipinski definition) is 4. The highest BCUT2D eigenvalue weighted by molar-refractivity contribution is 7.89. The van der Waals surface area contributed by atoms with Gasteiger partial charge in [-0.2, -0.15) is 5.10 Å². The van der Waals surface area contributed by atoms with Gasteiger partial charge in [-0.25, -0.2) is 17.9 Å². The van der Waals surface area contributed by atoms with Crippen LogP contribution in [0.25, 0.3) is 0 Å². The molecule has 1 aromatic rings. The van der Waals surface area contributed by atoms with Crippen LogP contribution < -0.4 is 4.72 Å². The van der Waals surface area contributed by atoms with Crippen molar-refractivity contribution in [2.24, 2.45) is 5.41 Å². The van der Waals surface area contributed by atoms with Crippen LogP contribution in [0, 0.1) is 12.3 Å². The topological polar surface area (TPSA) is 112 Å². The lowest BCUT2D eigenvalue weighted by Crippen LogP contribution is -2.34. The first-order valence-electron chi connectivity index (χ1n) is 5.88. The summed E-state index contributed by atoms with van der Waals surface area (Å²) in [5.41, 5.74) is -0.479. The number of carbonyl (C=O) groups is 1. The summed E-state index contributed by atoms with van der Waals surface area (Å²) in [4.78, 5) is 10.7. The van der Waals surface area contributed by atoms with E-state index in [1.807, 2.05) is 20.8 Å². The molecule has 0 unspecified atom stereocenters. The number of carboxylic acids is 1. The summed E-state index contributed by atoms with van der Waals surface area (Å²) < 4.78 is 26.8. The lowest BCUT2D eigenvalue weighted by atomic mass is 9.91. The number of aromatic nitrogens is 2. The number of sulfonamides is 1. The molecular weight excluding hydrogens is 270 g/mol. The highest BCUT2D eigenvalue weighted by Gasteiger charge is 2.29. The number of aryl methyl sites for hydroxylation is 1. The van der Waals surface area contributed by atoms with E-state index in [1.54, 1.807) is 0 Å².